The van der Waals surface area contributed by atoms with E-state index in [1.165, 1.54) is 5.56 Å². The third-order valence-corrected chi connectivity index (χ3v) is 3.02. The Labute approximate surface area is 118 Å². The lowest BCUT2D eigenvalue weighted by Gasteiger charge is -2.07. The van der Waals surface area contributed by atoms with Gasteiger partial charge < -0.3 is 9.84 Å². The lowest BCUT2D eigenvalue weighted by molar-refractivity contribution is 0.0903. The molecule has 0 bridgehead atoms. The first-order valence-corrected chi connectivity index (χ1v) is 6.74. The Kier molecular flexibility index (Phi) is 4.91. The molecule has 104 valence electrons. The van der Waals surface area contributed by atoms with Crippen LogP contribution in [0.4, 0.5) is 0 Å². The zero-order valence-corrected chi connectivity index (χ0v) is 11.5. The number of Topliss-reactive ketones (excluding diaryl/α,β-unsaturated/α-hetero) is 1. The van der Waals surface area contributed by atoms with Crippen molar-refractivity contribution in [1.29, 1.82) is 0 Å². The first kappa shape index (κ1) is 14.3. The van der Waals surface area contributed by atoms with Gasteiger partial charge in [-0.3, -0.25) is 4.79 Å². The van der Waals surface area contributed by atoms with E-state index in [4.69, 9.17) is 9.84 Å². The van der Waals surface area contributed by atoms with Gasteiger partial charge in [0.15, 0.2) is 5.78 Å². The summed E-state index contributed by atoms with van der Waals surface area (Å²) in [5.74, 6) is 1.15. The molecule has 0 saturated carbocycles. The third-order valence-electron chi connectivity index (χ3n) is 3.02. The molecule has 0 aliphatic rings. The molecule has 3 heteroatoms. The highest BCUT2D eigenvalue weighted by Gasteiger charge is 2.04. The van der Waals surface area contributed by atoms with Gasteiger partial charge in [-0.2, -0.15) is 0 Å². The van der Waals surface area contributed by atoms with E-state index in [0.717, 1.165) is 18.6 Å². The summed E-state index contributed by atoms with van der Waals surface area (Å²) >= 11 is 0. The average Bonchev–Trinajstić information content (AvgIpc) is 2.49. The second-order valence-corrected chi connectivity index (χ2v) is 4.60. The minimum Gasteiger partial charge on any atom is -0.457 e. The third kappa shape index (κ3) is 3.68. The zero-order chi connectivity index (χ0) is 14.4. The van der Waals surface area contributed by atoms with Crippen LogP contribution in [0.25, 0.3) is 0 Å². The fourth-order valence-corrected chi connectivity index (χ4v) is 1.95. The SMILES string of the molecule is CCCc1ccc(Oc2ccc(C(=O)CO)cc2)cc1. The summed E-state index contributed by atoms with van der Waals surface area (Å²) in [6.45, 7) is 1.68. The Bertz CT molecular complexity index is 556. The molecule has 2 aromatic rings. The minimum absolute atomic E-state index is 0.291. The maximum Gasteiger partial charge on any atom is 0.188 e. The van der Waals surface area contributed by atoms with Gasteiger partial charge in [0.25, 0.3) is 0 Å². The highest BCUT2D eigenvalue weighted by molar-refractivity contribution is 5.96. The van der Waals surface area contributed by atoms with Crippen molar-refractivity contribution in [3.63, 3.8) is 0 Å². The maximum absolute atomic E-state index is 11.3. The number of hydrogen-bond donors (Lipinski definition) is 1. The molecule has 3 nitrogen and oxygen atoms in total. The summed E-state index contributed by atoms with van der Waals surface area (Å²) in [5.41, 5.74) is 1.78. The standard InChI is InChI=1S/C17H18O3/c1-2-3-13-4-8-15(9-5-13)20-16-10-6-14(7-11-16)17(19)12-18/h4-11,18H,2-3,12H2,1H3. The molecule has 0 spiro atoms. The van der Waals surface area contributed by atoms with Crippen LogP contribution < -0.4 is 4.74 Å². The number of rotatable bonds is 6. The highest BCUT2D eigenvalue weighted by atomic mass is 16.5. The molecule has 2 aromatic carbocycles. The number of benzene rings is 2. The molecule has 2 rings (SSSR count). The Morgan fingerprint density at radius 2 is 1.55 bits per heavy atom. The largest absolute Gasteiger partial charge is 0.457 e. The molecular formula is C17H18O3. The van der Waals surface area contributed by atoms with Gasteiger partial charge in [-0.25, -0.2) is 0 Å². The molecule has 0 saturated heterocycles. The van der Waals surface area contributed by atoms with Crippen molar-refractivity contribution in [3.8, 4) is 11.5 Å². The predicted octanol–water partition coefficient (Wildman–Crippen LogP) is 3.61. The van der Waals surface area contributed by atoms with E-state index in [-0.39, 0.29) is 5.78 Å². The zero-order valence-electron chi connectivity index (χ0n) is 11.5. The second-order valence-electron chi connectivity index (χ2n) is 4.60. The number of ether oxygens (including phenoxy) is 1. The van der Waals surface area contributed by atoms with E-state index < -0.39 is 6.61 Å². The van der Waals surface area contributed by atoms with Crippen LogP contribution in [0.1, 0.15) is 29.3 Å². The van der Waals surface area contributed by atoms with E-state index in [9.17, 15) is 4.79 Å². The molecule has 0 amide bonds. The molecule has 0 unspecified atom stereocenters. The van der Waals surface area contributed by atoms with Gasteiger partial charge in [0.05, 0.1) is 0 Å². The summed E-state index contributed by atoms with van der Waals surface area (Å²) in [6, 6.07) is 14.8. The Morgan fingerprint density at radius 3 is 2.05 bits per heavy atom. The minimum atomic E-state index is -0.473. The van der Waals surface area contributed by atoms with E-state index in [0.29, 0.717) is 11.3 Å². The highest BCUT2D eigenvalue weighted by Crippen LogP contribution is 2.22. The second kappa shape index (κ2) is 6.87. The summed E-state index contributed by atoms with van der Waals surface area (Å²) < 4.78 is 5.71. The van der Waals surface area contributed by atoms with E-state index in [1.807, 2.05) is 12.1 Å². The summed E-state index contributed by atoms with van der Waals surface area (Å²) in [6.07, 6.45) is 2.19. The normalized spacial score (nSPS) is 10.3. The number of carbonyl (C=O) groups is 1. The lowest BCUT2D eigenvalue weighted by Crippen LogP contribution is -2.03. The van der Waals surface area contributed by atoms with Crippen molar-refractivity contribution >= 4 is 5.78 Å². The van der Waals surface area contributed by atoms with Crippen LogP contribution in [0.15, 0.2) is 48.5 Å². The fourth-order valence-electron chi connectivity index (χ4n) is 1.95. The van der Waals surface area contributed by atoms with Crippen molar-refractivity contribution in [2.75, 3.05) is 6.61 Å². The molecule has 0 aliphatic heterocycles. The van der Waals surface area contributed by atoms with Crippen molar-refractivity contribution in [2.45, 2.75) is 19.8 Å². The van der Waals surface area contributed by atoms with Crippen LogP contribution in [0.5, 0.6) is 11.5 Å². The molecule has 1 N–H and O–H groups in total. The van der Waals surface area contributed by atoms with Gasteiger partial charge >= 0.3 is 0 Å². The van der Waals surface area contributed by atoms with Gasteiger partial charge in [0, 0.05) is 5.56 Å². The van der Waals surface area contributed by atoms with E-state index in [2.05, 4.69) is 19.1 Å². The maximum atomic E-state index is 11.3. The van der Waals surface area contributed by atoms with Crippen LogP contribution >= 0.6 is 0 Å². The van der Waals surface area contributed by atoms with Crippen molar-refractivity contribution in [2.24, 2.45) is 0 Å². The van der Waals surface area contributed by atoms with E-state index >= 15 is 0 Å². The summed E-state index contributed by atoms with van der Waals surface area (Å²) in [4.78, 5) is 11.3. The van der Waals surface area contributed by atoms with E-state index in [1.54, 1.807) is 24.3 Å². The first-order valence-electron chi connectivity index (χ1n) is 6.74. The van der Waals surface area contributed by atoms with Crippen molar-refractivity contribution in [3.05, 3.63) is 59.7 Å². The van der Waals surface area contributed by atoms with Gasteiger partial charge in [-0.1, -0.05) is 25.5 Å². The van der Waals surface area contributed by atoms with Crippen molar-refractivity contribution < 1.29 is 14.6 Å². The monoisotopic (exact) mass is 270 g/mol. The fraction of sp³-hybridized carbons (Fsp3) is 0.235. The molecule has 0 aliphatic carbocycles. The van der Waals surface area contributed by atoms with Gasteiger partial charge in [0.1, 0.15) is 18.1 Å². The van der Waals surface area contributed by atoms with Gasteiger partial charge in [-0.15, -0.1) is 0 Å². The van der Waals surface area contributed by atoms with Crippen LogP contribution in [-0.4, -0.2) is 17.5 Å². The van der Waals surface area contributed by atoms with Crippen LogP contribution in [0, 0.1) is 0 Å². The topological polar surface area (TPSA) is 46.5 Å². The summed E-state index contributed by atoms with van der Waals surface area (Å²) in [5, 5.41) is 8.78. The Morgan fingerprint density at radius 1 is 1.00 bits per heavy atom. The average molecular weight is 270 g/mol. The number of aliphatic hydroxyl groups excluding tert-OH is 1. The van der Waals surface area contributed by atoms with Crippen LogP contribution in [0.2, 0.25) is 0 Å². The lowest BCUT2D eigenvalue weighted by atomic mass is 10.1. The summed E-state index contributed by atoms with van der Waals surface area (Å²) in [7, 11) is 0. The molecule has 0 atom stereocenters. The molecule has 0 aromatic heterocycles. The predicted molar refractivity (Wildman–Crippen MR) is 78.4 cm³/mol. The number of ketones is 1. The van der Waals surface area contributed by atoms with Crippen LogP contribution in [-0.2, 0) is 6.42 Å². The molecular weight excluding hydrogens is 252 g/mol. The quantitative estimate of drug-likeness (QED) is 0.816. The van der Waals surface area contributed by atoms with Gasteiger partial charge in [0.2, 0.25) is 0 Å². The molecule has 0 fully saturated rings. The number of carbonyl (C=O) groups excluding carboxylic acids is 1. The Hall–Kier alpha value is -2.13. The molecule has 20 heavy (non-hydrogen) atoms. The van der Waals surface area contributed by atoms with Gasteiger partial charge in [-0.05, 0) is 48.4 Å². The number of hydrogen-bond acceptors (Lipinski definition) is 3. The van der Waals surface area contributed by atoms with Crippen molar-refractivity contribution in [1.82, 2.24) is 0 Å². The first-order chi connectivity index (χ1) is 9.72. The van der Waals surface area contributed by atoms with Crippen LogP contribution in [0.3, 0.4) is 0 Å². The smallest absolute Gasteiger partial charge is 0.188 e. The molecule has 0 radical (unpaired) electrons. The Balaban J connectivity index is 2.04. The number of aryl methyl sites for hydroxylation is 1. The number of aliphatic hydroxyl groups is 1. The molecule has 0 heterocycles.